The average molecular weight is 237 g/mol. The summed E-state index contributed by atoms with van der Waals surface area (Å²) in [4.78, 5) is 0. The molecule has 2 rings (SSSR count). The molecule has 1 N–H and O–H groups in total. The Kier molecular flexibility index (Phi) is 4.00. The molecule has 0 bridgehead atoms. The van der Waals surface area contributed by atoms with Crippen LogP contribution in [0.25, 0.3) is 0 Å². The molecule has 1 aliphatic rings. The summed E-state index contributed by atoms with van der Waals surface area (Å²) < 4.78 is 19.4. The Morgan fingerprint density at radius 1 is 1.47 bits per heavy atom. The third-order valence-corrected chi connectivity index (χ3v) is 3.13. The van der Waals surface area contributed by atoms with Crippen LogP contribution in [-0.4, -0.2) is 13.2 Å². The lowest BCUT2D eigenvalue weighted by atomic mass is 10.1. The summed E-state index contributed by atoms with van der Waals surface area (Å²) in [6.07, 6.45) is 2.50. The quantitative estimate of drug-likeness (QED) is 0.819. The monoisotopic (exact) mass is 237 g/mol. The van der Waals surface area contributed by atoms with Gasteiger partial charge in [-0.15, -0.1) is 0 Å². The number of halogens is 1. The van der Waals surface area contributed by atoms with E-state index in [4.69, 9.17) is 4.74 Å². The van der Waals surface area contributed by atoms with Gasteiger partial charge in [-0.1, -0.05) is 13.0 Å². The Bertz CT molecular complexity index is 376. The Hall–Kier alpha value is -1.09. The molecule has 17 heavy (non-hydrogen) atoms. The van der Waals surface area contributed by atoms with Crippen molar-refractivity contribution in [2.24, 2.45) is 5.92 Å². The fourth-order valence-corrected chi connectivity index (χ4v) is 1.86. The van der Waals surface area contributed by atoms with Gasteiger partial charge in [0.15, 0.2) is 0 Å². The van der Waals surface area contributed by atoms with E-state index >= 15 is 0 Å². The first-order valence-corrected chi connectivity index (χ1v) is 6.36. The first kappa shape index (κ1) is 12.4. The van der Waals surface area contributed by atoms with Crippen molar-refractivity contribution in [2.75, 3.05) is 13.2 Å². The fraction of sp³-hybridized carbons (Fsp3) is 0.571. The molecule has 0 spiro atoms. The topological polar surface area (TPSA) is 21.3 Å². The highest BCUT2D eigenvalue weighted by Crippen LogP contribution is 2.30. The van der Waals surface area contributed by atoms with Crippen molar-refractivity contribution in [1.29, 1.82) is 0 Å². The van der Waals surface area contributed by atoms with Crippen molar-refractivity contribution in [3.8, 4) is 5.75 Å². The molecule has 1 fully saturated rings. The molecule has 1 atom stereocenters. The Morgan fingerprint density at radius 3 is 2.82 bits per heavy atom. The average Bonchev–Trinajstić information content (AvgIpc) is 3.10. The molecule has 0 radical (unpaired) electrons. The van der Waals surface area contributed by atoms with Gasteiger partial charge in [-0.25, -0.2) is 4.39 Å². The van der Waals surface area contributed by atoms with Crippen LogP contribution in [0.5, 0.6) is 5.75 Å². The molecule has 1 aliphatic carbocycles. The largest absolute Gasteiger partial charge is 0.493 e. The number of benzene rings is 1. The smallest absolute Gasteiger partial charge is 0.131 e. The zero-order chi connectivity index (χ0) is 12.3. The number of hydrogen-bond donors (Lipinski definition) is 1. The molecule has 0 saturated heterocycles. The Balaban J connectivity index is 1.99. The molecule has 0 aliphatic heterocycles. The third-order valence-electron chi connectivity index (χ3n) is 3.13. The summed E-state index contributed by atoms with van der Waals surface area (Å²) in [5.74, 6) is 1.15. The minimum atomic E-state index is -0.188. The number of rotatable bonds is 6. The number of nitrogens with one attached hydrogen (secondary N) is 1. The van der Waals surface area contributed by atoms with Gasteiger partial charge in [0.1, 0.15) is 11.6 Å². The molecule has 1 aromatic carbocycles. The van der Waals surface area contributed by atoms with Gasteiger partial charge in [0.2, 0.25) is 0 Å². The lowest BCUT2D eigenvalue weighted by Crippen LogP contribution is -2.18. The van der Waals surface area contributed by atoms with Crippen molar-refractivity contribution in [2.45, 2.75) is 32.7 Å². The summed E-state index contributed by atoms with van der Waals surface area (Å²) >= 11 is 0. The predicted octanol–water partition coefficient (Wildman–Crippen LogP) is 3.29. The summed E-state index contributed by atoms with van der Waals surface area (Å²) in [7, 11) is 0. The van der Waals surface area contributed by atoms with Crippen LogP contribution in [0.15, 0.2) is 18.2 Å². The minimum absolute atomic E-state index is 0.0393. The van der Waals surface area contributed by atoms with Crippen LogP contribution in [-0.2, 0) is 0 Å². The highest BCUT2D eigenvalue weighted by atomic mass is 19.1. The van der Waals surface area contributed by atoms with Crippen molar-refractivity contribution in [3.05, 3.63) is 29.6 Å². The van der Waals surface area contributed by atoms with Crippen LogP contribution < -0.4 is 10.1 Å². The van der Waals surface area contributed by atoms with E-state index in [1.807, 2.05) is 26.0 Å². The van der Waals surface area contributed by atoms with E-state index in [1.54, 1.807) is 0 Å². The molecular formula is C14H20FNO. The van der Waals surface area contributed by atoms with E-state index in [9.17, 15) is 4.39 Å². The van der Waals surface area contributed by atoms with Gasteiger partial charge in [-0.2, -0.15) is 0 Å². The van der Waals surface area contributed by atoms with E-state index < -0.39 is 0 Å². The standard InChI is InChI=1S/C14H20FNO/c1-3-16-10(2)13-7-6-12(8-14(13)15)17-9-11-4-5-11/h6-8,10-11,16H,3-5,9H2,1-2H3. The van der Waals surface area contributed by atoms with Gasteiger partial charge in [0, 0.05) is 17.7 Å². The molecule has 0 aromatic heterocycles. The zero-order valence-electron chi connectivity index (χ0n) is 10.5. The van der Waals surface area contributed by atoms with Crippen LogP contribution in [0.1, 0.15) is 38.3 Å². The van der Waals surface area contributed by atoms with Crippen LogP contribution in [0.2, 0.25) is 0 Å². The zero-order valence-corrected chi connectivity index (χ0v) is 10.5. The van der Waals surface area contributed by atoms with E-state index in [0.29, 0.717) is 17.2 Å². The lowest BCUT2D eigenvalue weighted by Gasteiger charge is -2.14. The summed E-state index contributed by atoms with van der Waals surface area (Å²) in [5, 5.41) is 3.20. The molecule has 2 nitrogen and oxygen atoms in total. The minimum Gasteiger partial charge on any atom is -0.493 e. The molecule has 1 saturated carbocycles. The summed E-state index contributed by atoms with van der Waals surface area (Å²) in [5.41, 5.74) is 0.700. The van der Waals surface area contributed by atoms with Gasteiger partial charge in [0.25, 0.3) is 0 Å². The van der Waals surface area contributed by atoms with E-state index in [0.717, 1.165) is 13.2 Å². The second kappa shape index (κ2) is 5.50. The Labute approximate surface area is 102 Å². The van der Waals surface area contributed by atoms with Crippen molar-refractivity contribution < 1.29 is 9.13 Å². The van der Waals surface area contributed by atoms with Crippen LogP contribution in [0.4, 0.5) is 4.39 Å². The first-order valence-electron chi connectivity index (χ1n) is 6.36. The maximum Gasteiger partial charge on any atom is 0.131 e. The normalized spacial score (nSPS) is 16.9. The molecule has 3 heteroatoms. The highest BCUT2D eigenvalue weighted by Gasteiger charge is 2.22. The van der Waals surface area contributed by atoms with Crippen molar-refractivity contribution in [3.63, 3.8) is 0 Å². The van der Waals surface area contributed by atoms with Crippen LogP contribution >= 0.6 is 0 Å². The number of hydrogen-bond acceptors (Lipinski definition) is 2. The molecule has 1 aromatic rings. The third kappa shape index (κ3) is 3.43. The van der Waals surface area contributed by atoms with Crippen LogP contribution in [0, 0.1) is 11.7 Å². The SMILES string of the molecule is CCNC(C)c1ccc(OCC2CC2)cc1F. The van der Waals surface area contributed by atoms with E-state index in [1.165, 1.54) is 18.9 Å². The predicted molar refractivity (Wildman–Crippen MR) is 66.7 cm³/mol. The molecule has 1 unspecified atom stereocenters. The first-order chi connectivity index (χ1) is 8.20. The van der Waals surface area contributed by atoms with Crippen LogP contribution in [0.3, 0.4) is 0 Å². The maximum absolute atomic E-state index is 13.8. The lowest BCUT2D eigenvalue weighted by molar-refractivity contribution is 0.298. The van der Waals surface area contributed by atoms with Gasteiger partial charge in [-0.3, -0.25) is 0 Å². The van der Waals surface area contributed by atoms with Crippen molar-refractivity contribution in [1.82, 2.24) is 5.32 Å². The molecular weight excluding hydrogens is 217 g/mol. The van der Waals surface area contributed by atoms with Gasteiger partial charge >= 0.3 is 0 Å². The molecule has 0 heterocycles. The maximum atomic E-state index is 13.8. The molecule has 94 valence electrons. The highest BCUT2D eigenvalue weighted by molar-refractivity contribution is 5.30. The van der Waals surface area contributed by atoms with E-state index in [2.05, 4.69) is 5.32 Å². The second-order valence-electron chi connectivity index (χ2n) is 4.72. The van der Waals surface area contributed by atoms with Gasteiger partial charge < -0.3 is 10.1 Å². The van der Waals surface area contributed by atoms with Crippen molar-refractivity contribution >= 4 is 0 Å². The van der Waals surface area contributed by atoms with Gasteiger partial charge in [0.05, 0.1) is 6.61 Å². The number of ether oxygens (including phenoxy) is 1. The van der Waals surface area contributed by atoms with E-state index in [-0.39, 0.29) is 11.9 Å². The molecule has 0 amide bonds. The second-order valence-corrected chi connectivity index (χ2v) is 4.72. The Morgan fingerprint density at radius 2 is 2.24 bits per heavy atom. The fourth-order valence-electron chi connectivity index (χ4n) is 1.86. The summed E-state index contributed by atoms with van der Waals surface area (Å²) in [6.45, 7) is 5.54. The van der Waals surface area contributed by atoms with Gasteiger partial charge in [-0.05, 0) is 38.3 Å². The summed E-state index contributed by atoms with van der Waals surface area (Å²) in [6, 6.07) is 5.20.